The molecule has 0 saturated carbocycles. The van der Waals surface area contributed by atoms with E-state index < -0.39 is 0 Å². The molecule has 2 aliphatic carbocycles. The van der Waals surface area contributed by atoms with E-state index in [1.54, 1.807) is 0 Å². The van der Waals surface area contributed by atoms with Crippen LogP contribution in [0.15, 0.2) is 66.3 Å². The van der Waals surface area contributed by atoms with Crippen molar-refractivity contribution >= 4 is 3.21 Å². The minimum absolute atomic E-state index is 0. The molecule has 0 nitrogen and oxygen atoms in total. The molecular weight excluding hydrogens is 414 g/mol. The van der Waals surface area contributed by atoms with Crippen LogP contribution in [0.25, 0.3) is 11.1 Å². The summed E-state index contributed by atoms with van der Waals surface area (Å²) in [6, 6.07) is 15.6. The third kappa shape index (κ3) is 3.90. The van der Waals surface area contributed by atoms with E-state index in [9.17, 15) is 0 Å². The van der Waals surface area contributed by atoms with Crippen molar-refractivity contribution in [3.63, 3.8) is 0 Å². The van der Waals surface area contributed by atoms with E-state index in [0.29, 0.717) is 0 Å². The standard InChI is InChI=1S/C19H14.2CH3.2ClH.Zr/c1-2-7-14(6-1)12-15-9-5-11-18-17-10-4-3-8-16(17)13-19(15)18;;;;;/h1-6,8-11H,7,13H2;2*1H3;2*1H;/q;2*-1;;;+2/p-2. The molecule has 3 heteroatoms. The van der Waals surface area contributed by atoms with Gasteiger partial charge in [-0.2, -0.15) is 0 Å². The van der Waals surface area contributed by atoms with Gasteiger partial charge in [-0.15, -0.1) is 0 Å². The molecule has 2 aromatic rings. The van der Waals surface area contributed by atoms with Gasteiger partial charge in [0.05, 0.1) is 0 Å². The predicted octanol–water partition coefficient (Wildman–Crippen LogP) is -0.880. The zero-order chi connectivity index (χ0) is 13.5. The summed E-state index contributed by atoms with van der Waals surface area (Å²) in [7, 11) is 0. The van der Waals surface area contributed by atoms with Crippen LogP contribution >= 0.6 is 0 Å². The van der Waals surface area contributed by atoms with Crippen molar-refractivity contribution in [1.29, 1.82) is 0 Å². The van der Waals surface area contributed by atoms with Gasteiger partial charge in [-0.25, -0.2) is 0 Å². The zero-order valence-electron chi connectivity index (χ0n) is 13.9. The number of halogens is 2. The molecule has 0 radical (unpaired) electrons. The first-order chi connectivity index (χ1) is 9.84. The zero-order valence-corrected chi connectivity index (χ0v) is 17.9. The van der Waals surface area contributed by atoms with Crippen LogP contribution in [0.5, 0.6) is 0 Å². The van der Waals surface area contributed by atoms with Gasteiger partial charge >= 0.3 is 134 Å². The average Bonchev–Trinajstić information content (AvgIpc) is 3.13. The fourth-order valence-electron chi connectivity index (χ4n) is 3.20. The molecule has 2 aromatic carbocycles. The fraction of sp³-hybridized carbons (Fsp3) is 0.0952. The third-order valence-corrected chi connectivity index (χ3v) is 5.66. The van der Waals surface area contributed by atoms with E-state index in [1.807, 2.05) is 0 Å². The first-order valence-electron chi connectivity index (χ1n) is 7.00. The van der Waals surface area contributed by atoms with E-state index in [-0.39, 0.29) is 39.7 Å². The maximum atomic E-state index is 2.30. The summed E-state index contributed by atoms with van der Waals surface area (Å²) in [4.78, 5) is 0. The number of hydrogen-bond acceptors (Lipinski definition) is 0. The van der Waals surface area contributed by atoms with E-state index in [0.717, 1.165) is 12.8 Å². The van der Waals surface area contributed by atoms with Crippen LogP contribution in [0.2, 0.25) is 0 Å². The molecule has 0 N–H and O–H groups in total. The Hall–Kier alpha value is -0.747. The van der Waals surface area contributed by atoms with Gasteiger partial charge in [0.1, 0.15) is 0 Å². The first-order valence-corrected chi connectivity index (χ1v) is 8.22. The Labute approximate surface area is 173 Å². The summed E-state index contributed by atoms with van der Waals surface area (Å²) in [5.41, 5.74) is 8.81. The number of rotatable bonds is 2. The summed E-state index contributed by atoms with van der Waals surface area (Å²) < 4.78 is 1.52. The molecule has 0 spiro atoms. The molecule has 0 saturated heterocycles. The summed E-state index contributed by atoms with van der Waals surface area (Å²) >= 11 is 1.51. The second-order valence-corrected chi connectivity index (χ2v) is 6.59. The van der Waals surface area contributed by atoms with Gasteiger partial charge in [-0.05, 0) is 0 Å². The maximum absolute atomic E-state index is 2.30. The van der Waals surface area contributed by atoms with Crippen LogP contribution in [0, 0.1) is 14.9 Å². The van der Waals surface area contributed by atoms with Crippen molar-refractivity contribution in [2.24, 2.45) is 0 Å². The summed E-state index contributed by atoms with van der Waals surface area (Å²) in [6.07, 6.45) is 8.87. The number of hydrogen-bond donors (Lipinski definition) is 0. The van der Waals surface area contributed by atoms with Crippen LogP contribution in [0.4, 0.5) is 0 Å². The monoisotopic (exact) mass is 432 g/mol. The van der Waals surface area contributed by atoms with E-state index in [4.69, 9.17) is 0 Å². The van der Waals surface area contributed by atoms with Crippen molar-refractivity contribution in [1.82, 2.24) is 0 Å². The molecule has 2 aliphatic rings. The second kappa shape index (κ2) is 9.66. The van der Waals surface area contributed by atoms with Gasteiger partial charge in [-0.3, -0.25) is 0 Å². The van der Waals surface area contributed by atoms with Crippen LogP contribution < -0.4 is 24.8 Å². The van der Waals surface area contributed by atoms with Crippen LogP contribution in [0.1, 0.15) is 23.1 Å². The summed E-state index contributed by atoms with van der Waals surface area (Å²) in [5, 5.41) is 0. The van der Waals surface area contributed by atoms with Crippen molar-refractivity contribution in [3.8, 4) is 11.1 Å². The molecule has 0 unspecified atom stereocenters. The minimum atomic E-state index is 0. The Morgan fingerprint density at radius 1 is 0.875 bits per heavy atom. The number of allylic oxidation sites excluding steroid dienone is 4. The molecular formula is C21H20Cl2Zr-2. The number of benzene rings is 2. The Morgan fingerprint density at radius 2 is 1.58 bits per heavy atom. The molecule has 0 aliphatic heterocycles. The molecule has 4 rings (SSSR count). The van der Waals surface area contributed by atoms with Crippen molar-refractivity contribution in [3.05, 3.63) is 97.8 Å². The molecule has 0 heterocycles. The Bertz CT molecular complexity index is 788. The quantitative estimate of drug-likeness (QED) is 0.460. The average molecular weight is 435 g/mol. The Morgan fingerprint density at radius 3 is 2.29 bits per heavy atom. The number of fused-ring (bicyclic) bond motifs is 3. The van der Waals surface area contributed by atoms with Crippen molar-refractivity contribution < 1.29 is 49.0 Å². The molecule has 0 fully saturated rings. The molecule has 24 heavy (non-hydrogen) atoms. The first kappa shape index (κ1) is 23.3. The van der Waals surface area contributed by atoms with Gasteiger partial charge < -0.3 is 39.7 Å². The van der Waals surface area contributed by atoms with Gasteiger partial charge in [-0.1, -0.05) is 0 Å². The predicted molar refractivity (Wildman–Crippen MR) is 93.5 cm³/mol. The fourth-order valence-corrected chi connectivity index (χ4v) is 4.23. The van der Waals surface area contributed by atoms with Gasteiger partial charge in [0.2, 0.25) is 0 Å². The van der Waals surface area contributed by atoms with Gasteiger partial charge in [0.25, 0.3) is 0 Å². The molecule has 0 amide bonds. The SMILES string of the molecule is [CH3-].[CH3-].[Cl-].[Cl-].[Zr+2]=[C](C1=CC=CC1)c1cccc2c1Cc1ccccc1-2. The van der Waals surface area contributed by atoms with Crippen LogP contribution in [-0.2, 0) is 30.7 Å². The van der Waals surface area contributed by atoms with E-state index in [2.05, 4.69) is 60.7 Å². The molecule has 124 valence electrons. The molecule has 0 atom stereocenters. The van der Waals surface area contributed by atoms with Crippen LogP contribution in [-0.4, -0.2) is 3.21 Å². The van der Waals surface area contributed by atoms with E-state index in [1.165, 1.54) is 60.8 Å². The Balaban J connectivity index is 0.00000132. The van der Waals surface area contributed by atoms with Gasteiger partial charge in [0, 0.05) is 0 Å². The second-order valence-electron chi connectivity index (χ2n) is 5.36. The summed E-state index contributed by atoms with van der Waals surface area (Å²) in [6.45, 7) is 0. The van der Waals surface area contributed by atoms with Crippen LogP contribution in [0.3, 0.4) is 0 Å². The van der Waals surface area contributed by atoms with Gasteiger partial charge in [0.15, 0.2) is 0 Å². The normalized spacial score (nSPS) is 12.5. The van der Waals surface area contributed by atoms with Crippen molar-refractivity contribution in [2.45, 2.75) is 12.8 Å². The molecule has 0 bridgehead atoms. The van der Waals surface area contributed by atoms with E-state index >= 15 is 0 Å². The topological polar surface area (TPSA) is 0 Å². The Kier molecular flexibility index (Phi) is 9.36. The summed E-state index contributed by atoms with van der Waals surface area (Å²) in [5.74, 6) is 0. The third-order valence-electron chi connectivity index (χ3n) is 4.21. The molecule has 0 aromatic heterocycles. The van der Waals surface area contributed by atoms with Crippen molar-refractivity contribution in [2.75, 3.05) is 0 Å².